The molecule has 2 aliphatic rings. The molecule has 27 heavy (non-hydrogen) atoms. The maximum Gasteiger partial charge on any atom is 0.243 e. The first-order valence-electron chi connectivity index (χ1n) is 10.3. The standard InChI is InChI=1S/C18H30N8O/c1-13-5-3-7-24(9-13)11-15-16(12-25-8-4-6-14(2)10-25)26(23-20-15)18-17(19)21-27-22-18/h13-14H,3-12H2,1-2H3,(H2,19,21)/p+2/t13-,14+/m1/s1. The second-order valence-electron chi connectivity index (χ2n) is 8.62. The maximum absolute atomic E-state index is 5.94. The van der Waals surface area contributed by atoms with Crippen molar-refractivity contribution in [3.8, 4) is 5.82 Å². The van der Waals surface area contributed by atoms with Crippen LogP contribution >= 0.6 is 0 Å². The van der Waals surface area contributed by atoms with E-state index in [4.69, 9.17) is 10.4 Å². The fourth-order valence-electron chi connectivity index (χ4n) is 4.74. The minimum Gasteiger partial charge on any atom is -0.378 e. The molecule has 2 unspecified atom stereocenters. The number of nitrogens with zero attached hydrogens (tertiary/aromatic N) is 5. The third kappa shape index (κ3) is 4.14. The van der Waals surface area contributed by atoms with E-state index in [1.54, 1.807) is 14.5 Å². The topological polar surface area (TPSA) is 105 Å². The fraction of sp³-hybridized carbons (Fsp3) is 0.778. The average molecular weight is 377 g/mol. The van der Waals surface area contributed by atoms with Gasteiger partial charge in [-0.25, -0.2) is 4.63 Å². The number of hydrogen-bond acceptors (Lipinski definition) is 6. The van der Waals surface area contributed by atoms with Crippen LogP contribution in [-0.4, -0.2) is 51.5 Å². The Kier molecular flexibility index (Phi) is 5.40. The van der Waals surface area contributed by atoms with Gasteiger partial charge in [0.1, 0.15) is 24.5 Å². The smallest absolute Gasteiger partial charge is 0.243 e. The lowest BCUT2D eigenvalue weighted by atomic mass is 9.99. The molecule has 9 nitrogen and oxygen atoms in total. The number of aromatic nitrogens is 5. The lowest BCUT2D eigenvalue weighted by molar-refractivity contribution is -0.926. The van der Waals surface area contributed by atoms with E-state index in [1.807, 2.05) is 0 Å². The van der Waals surface area contributed by atoms with Crippen LogP contribution in [0.2, 0.25) is 0 Å². The van der Waals surface area contributed by atoms with Crippen molar-refractivity contribution in [1.82, 2.24) is 25.3 Å². The zero-order valence-electron chi connectivity index (χ0n) is 16.4. The number of nitrogens with two attached hydrogens (primary N) is 1. The summed E-state index contributed by atoms with van der Waals surface area (Å²) in [6, 6.07) is 0. The molecule has 0 spiro atoms. The van der Waals surface area contributed by atoms with Gasteiger partial charge < -0.3 is 15.5 Å². The number of likely N-dealkylation sites (tertiary alicyclic amines) is 2. The maximum atomic E-state index is 5.94. The number of nitrogens with one attached hydrogen (secondary N) is 2. The third-order valence-corrected chi connectivity index (χ3v) is 6.10. The Morgan fingerprint density at radius 1 is 1.04 bits per heavy atom. The molecule has 0 amide bonds. The second-order valence-corrected chi connectivity index (χ2v) is 8.62. The van der Waals surface area contributed by atoms with Crippen molar-refractivity contribution in [2.45, 2.75) is 52.6 Å². The van der Waals surface area contributed by atoms with Gasteiger partial charge in [-0.05, 0) is 36.0 Å². The van der Waals surface area contributed by atoms with Gasteiger partial charge in [-0.15, -0.1) is 5.10 Å². The van der Waals surface area contributed by atoms with Crippen molar-refractivity contribution in [2.75, 3.05) is 31.9 Å². The number of rotatable bonds is 5. The van der Waals surface area contributed by atoms with Crippen LogP contribution in [0.15, 0.2) is 4.63 Å². The highest BCUT2D eigenvalue weighted by Crippen LogP contribution is 2.16. The van der Waals surface area contributed by atoms with Gasteiger partial charge in [0.05, 0.1) is 26.2 Å². The van der Waals surface area contributed by atoms with E-state index >= 15 is 0 Å². The van der Waals surface area contributed by atoms with Crippen molar-refractivity contribution in [3.05, 3.63) is 11.4 Å². The molecule has 9 heteroatoms. The van der Waals surface area contributed by atoms with E-state index in [2.05, 4.69) is 34.5 Å². The summed E-state index contributed by atoms with van der Waals surface area (Å²) in [5.41, 5.74) is 8.11. The average Bonchev–Trinajstić information content (AvgIpc) is 3.21. The molecule has 0 bridgehead atoms. The van der Waals surface area contributed by atoms with Gasteiger partial charge in [0.25, 0.3) is 0 Å². The highest BCUT2D eigenvalue weighted by Gasteiger charge is 2.29. The predicted octanol–water partition coefficient (Wildman–Crippen LogP) is -1.14. The van der Waals surface area contributed by atoms with Crippen LogP contribution in [0.3, 0.4) is 0 Å². The summed E-state index contributed by atoms with van der Waals surface area (Å²) in [5, 5.41) is 16.6. The summed E-state index contributed by atoms with van der Waals surface area (Å²) in [4.78, 5) is 3.17. The van der Waals surface area contributed by atoms with Crippen LogP contribution in [0.1, 0.15) is 50.9 Å². The lowest BCUT2D eigenvalue weighted by Gasteiger charge is -2.29. The number of piperidine rings is 2. The largest absolute Gasteiger partial charge is 0.378 e. The molecule has 2 aromatic heterocycles. The summed E-state index contributed by atoms with van der Waals surface area (Å²) < 4.78 is 6.56. The van der Waals surface area contributed by atoms with Gasteiger partial charge >= 0.3 is 0 Å². The lowest BCUT2D eigenvalue weighted by Crippen LogP contribution is -3.13. The van der Waals surface area contributed by atoms with Crippen LogP contribution in [0.5, 0.6) is 0 Å². The summed E-state index contributed by atoms with van der Waals surface area (Å²) in [5.74, 6) is 2.24. The molecule has 148 valence electrons. The number of quaternary nitrogens is 2. The van der Waals surface area contributed by atoms with Gasteiger partial charge in [-0.3, -0.25) is 0 Å². The summed E-state index contributed by atoms with van der Waals surface area (Å²) >= 11 is 0. The molecule has 0 saturated carbocycles. The van der Waals surface area contributed by atoms with Crippen LogP contribution < -0.4 is 15.5 Å². The number of anilines is 1. The van der Waals surface area contributed by atoms with Crippen LogP contribution in [0.25, 0.3) is 5.82 Å². The van der Waals surface area contributed by atoms with E-state index in [9.17, 15) is 0 Å². The fourth-order valence-corrected chi connectivity index (χ4v) is 4.74. The Hall–Kier alpha value is -2.00. The molecule has 4 atom stereocenters. The molecule has 0 radical (unpaired) electrons. The van der Waals surface area contributed by atoms with Crippen LogP contribution in [0.4, 0.5) is 5.82 Å². The Morgan fingerprint density at radius 3 is 2.30 bits per heavy atom. The normalized spacial score (nSPS) is 29.1. The molecule has 2 aliphatic heterocycles. The predicted molar refractivity (Wildman–Crippen MR) is 99.2 cm³/mol. The van der Waals surface area contributed by atoms with Gasteiger partial charge in [-0.1, -0.05) is 19.1 Å². The monoisotopic (exact) mass is 376 g/mol. The van der Waals surface area contributed by atoms with Gasteiger partial charge in [0.2, 0.25) is 11.6 Å². The van der Waals surface area contributed by atoms with Crippen molar-refractivity contribution in [1.29, 1.82) is 0 Å². The molecule has 0 aromatic carbocycles. The minimum absolute atomic E-state index is 0.258. The molecule has 2 saturated heterocycles. The summed E-state index contributed by atoms with van der Waals surface area (Å²) in [7, 11) is 0. The van der Waals surface area contributed by atoms with E-state index in [0.29, 0.717) is 5.82 Å². The Labute approximate surface area is 159 Å². The third-order valence-electron chi connectivity index (χ3n) is 6.10. The molecular formula is C18H32N8O+2. The van der Waals surface area contributed by atoms with Crippen molar-refractivity contribution < 1.29 is 14.4 Å². The Morgan fingerprint density at radius 2 is 1.70 bits per heavy atom. The number of nitrogen functional groups attached to an aromatic ring is 1. The Balaban J connectivity index is 1.60. The highest BCUT2D eigenvalue weighted by molar-refractivity contribution is 5.44. The SMILES string of the molecule is C[C@@H]1CCC[NH+](Cc2nnn(-c3nonc3N)c2C[NH+]2CCC[C@H](C)C2)C1. The van der Waals surface area contributed by atoms with Crippen LogP contribution in [-0.2, 0) is 13.1 Å². The van der Waals surface area contributed by atoms with Crippen molar-refractivity contribution in [2.24, 2.45) is 11.8 Å². The zero-order valence-corrected chi connectivity index (χ0v) is 16.4. The molecule has 0 aliphatic carbocycles. The minimum atomic E-state index is 0.258. The molecule has 2 aromatic rings. The van der Waals surface area contributed by atoms with E-state index in [0.717, 1.165) is 36.3 Å². The summed E-state index contributed by atoms with van der Waals surface area (Å²) in [6.07, 6.45) is 5.22. The van der Waals surface area contributed by atoms with Crippen LogP contribution in [0, 0.1) is 11.8 Å². The zero-order chi connectivity index (χ0) is 18.8. The van der Waals surface area contributed by atoms with E-state index in [-0.39, 0.29) is 5.82 Å². The first-order valence-corrected chi connectivity index (χ1v) is 10.3. The van der Waals surface area contributed by atoms with Gasteiger partial charge in [0, 0.05) is 11.8 Å². The molecule has 4 rings (SSSR count). The second kappa shape index (κ2) is 7.93. The summed E-state index contributed by atoms with van der Waals surface area (Å²) in [6.45, 7) is 11.3. The highest BCUT2D eigenvalue weighted by atomic mass is 16.6. The molecule has 4 N–H and O–H groups in total. The molecule has 2 fully saturated rings. The van der Waals surface area contributed by atoms with Gasteiger partial charge in [-0.2, -0.15) is 4.68 Å². The van der Waals surface area contributed by atoms with E-state index < -0.39 is 0 Å². The van der Waals surface area contributed by atoms with Crippen molar-refractivity contribution >= 4 is 5.82 Å². The van der Waals surface area contributed by atoms with E-state index in [1.165, 1.54) is 51.9 Å². The van der Waals surface area contributed by atoms with Gasteiger partial charge in [0.15, 0.2) is 0 Å². The first-order chi connectivity index (χ1) is 13.1. The number of hydrogen-bond donors (Lipinski definition) is 3. The van der Waals surface area contributed by atoms with Crippen molar-refractivity contribution in [3.63, 3.8) is 0 Å². The quantitative estimate of drug-likeness (QED) is 0.610. The molecular weight excluding hydrogens is 344 g/mol. The Bertz CT molecular complexity index is 756. The molecule has 4 heterocycles. The first kappa shape index (κ1) is 18.4.